The number of nitriles is 1. The first-order valence-corrected chi connectivity index (χ1v) is 5.87. The van der Waals surface area contributed by atoms with Crippen LogP contribution >= 0.6 is 0 Å². The maximum absolute atomic E-state index is 12.5. The third-order valence-corrected chi connectivity index (χ3v) is 2.54. The average molecular weight is 251 g/mol. The maximum atomic E-state index is 12.5. The second kappa shape index (κ2) is 4.03. The van der Waals surface area contributed by atoms with Crippen LogP contribution in [0.4, 0.5) is 3.89 Å². The number of rotatable bonds is 2. The number of hydrogen-bond donors (Lipinski definition) is 0. The van der Waals surface area contributed by atoms with Crippen molar-refractivity contribution in [1.82, 2.24) is 0 Å². The zero-order valence-corrected chi connectivity index (χ0v) is 9.24. The zero-order chi connectivity index (χ0) is 12.5. The van der Waals surface area contributed by atoms with Gasteiger partial charge in [-0.05, 0) is 23.6 Å². The van der Waals surface area contributed by atoms with E-state index in [9.17, 15) is 12.3 Å². The number of fused-ring (bicyclic) bond motifs is 1. The molecule has 0 N–H and O–H groups in total. The van der Waals surface area contributed by atoms with Gasteiger partial charge in [-0.2, -0.15) is 13.7 Å². The monoisotopic (exact) mass is 251 g/mol. The summed E-state index contributed by atoms with van der Waals surface area (Å²) in [6.07, 6.45) is 0. The molecule has 0 heterocycles. The Morgan fingerprint density at radius 3 is 2.65 bits per heavy atom. The van der Waals surface area contributed by atoms with E-state index < -0.39 is 10.5 Å². The molecule has 0 bridgehead atoms. The molecule has 6 heteroatoms. The normalized spacial score (nSPS) is 11.1. The van der Waals surface area contributed by atoms with Gasteiger partial charge in [-0.15, -0.1) is 0 Å². The van der Waals surface area contributed by atoms with Crippen molar-refractivity contribution < 1.29 is 16.5 Å². The van der Waals surface area contributed by atoms with Crippen LogP contribution in [0.1, 0.15) is 5.56 Å². The van der Waals surface area contributed by atoms with Gasteiger partial charge in [0.25, 0.3) is 0 Å². The van der Waals surface area contributed by atoms with Gasteiger partial charge >= 0.3 is 10.5 Å². The predicted molar refractivity (Wildman–Crippen MR) is 59.3 cm³/mol. The molecule has 4 nitrogen and oxygen atoms in total. The van der Waals surface area contributed by atoms with Gasteiger partial charge in [-0.3, -0.25) is 0 Å². The van der Waals surface area contributed by atoms with Gasteiger partial charge in [-0.1, -0.05) is 22.1 Å². The third kappa shape index (κ3) is 2.52. The highest BCUT2D eigenvalue weighted by Gasteiger charge is 2.12. The summed E-state index contributed by atoms with van der Waals surface area (Å²) in [6.45, 7) is 0. The summed E-state index contributed by atoms with van der Waals surface area (Å²) in [4.78, 5) is 0. The zero-order valence-electron chi connectivity index (χ0n) is 8.42. The van der Waals surface area contributed by atoms with Crippen LogP contribution < -0.4 is 4.18 Å². The number of benzene rings is 2. The van der Waals surface area contributed by atoms with Crippen molar-refractivity contribution in [2.45, 2.75) is 0 Å². The van der Waals surface area contributed by atoms with E-state index in [1.54, 1.807) is 18.2 Å². The summed E-state index contributed by atoms with van der Waals surface area (Å²) in [5.41, 5.74) is 0.338. The standard InChI is InChI=1S/C11H6FNO3S/c12-17(14,15)16-11-3-1-2-9-5-4-8(7-13)6-10(9)11/h1-6H. The summed E-state index contributed by atoms with van der Waals surface area (Å²) in [5.74, 6) is -0.137. The molecule has 0 spiro atoms. The van der Waals surface area contributed by atoms with Gasteiger partial charge in [0.2, 0.25) is 0 Å². The lowest BCUT2D eigenvalue weighted by molar-refractivity contribution is 0.442. The highest BCUT2D eigenvalue weighted by Crippen LogP contribution is 2.27. The Bertz CT molecular complexity index is 719. The molecular formula is C11H6FNO3S. The fourth-order valence-corrected chi connectivity index (χ4v) is 1.85. The van der Waals surface area contributed by atoms with Gasteiger partial charge in [0.1, 0.15) is 0 Å². The molecule has 0 aliphatic carbocycles. The Labute approximate surface area is 97.3 Å². The first-order valence-electron chi connectivity index (χ1n) is 4.56. The smallest absolute Gasteiger partial charge is 0.358 e. The minimum atomic E-state index is -5.07. The highest BCUT2D eigenvalue weighted by molar-refractivity contribution is 7.81. The van der Waals surface area contributed by atoms with Crippen molar-refractivity contribution in [3.05, 3.63) is 42.0 Å². The highest BCUT2D eigenvalue weighted by atomic mass is 32.3. The van der Waals surface area contributed by atoms with E-state index in [0.717, 1.165) is 0 Å². The van der Waals surface area contributed by atoms with Crippen molar-refractivity contribution in [1.29, 1.82) is 5.26 Å². The topological polar surface area (TPSA) is 67.2 Å². The molecule has 2 aromatic carbocycles. The third-order valence-electron chi connectivity index (χ3n) is 2.16. The lowest BCUT2D eigenvalue weighted by Gasteiger charge is -2.04. The van der Waals surface area contributed by atoms with Crippen LogP contribution in [0.25, 0.3) is 10.8 Å². The van der Waals surface area contributed by atoms with Gasteiger partial charge in [0, 0.05) is 5.39 Å². The van der Waals surface area contributed by atoms with Crippen LogP contribution in [-0.4, -0.2) is 8.42 Å². The van der Waals surface area contributed by atoms with Crippen molar-refractivity contribution in [2.24, 2.45) is 0 Å². The van der Waals surface area contributed by atoms with Crippen molar-refractivity contribution in [2.75, 3.05) is 0 Å². The molecule has 2 rings (SSSR count). The average Bonchev–Trinajstić information content (AvgIpc) is 2.27. The number of nitrogens with zero attached hydrogens (tertiary/aromatic N) is 1. The fraction of sp³-hybridized carbons (Fsp3) is 0. The number of halogens is 1. The van der Waals surface area contributed by atoms with Crippen LogP contribution in [0.15, 0.2) is 36.4 Å². The molecule has 86 valence electrons. The fourth-order valence-electron chi connectivity index (χ4n) is 1.49. The van der Waals surface area contributed by atoms with E-state index in [1.807, 2.05) is 6.07 Å². The molecule has 0 saturated carbocycles. The maximum Gasteiger partial charge on any atom is 0.488 e. The van der Waals surface area contributed by atoms with E-state index in [0.29, 0.717) is 16.3 Å². The van der Waals surface area contributed by atoms with Crippen LogP contribution in [0.5, 0.6) is 5.75 Å². The largest absolute Gasteiger partial charge is 0.488 e. The van der Waals surface area contributed by atoms with Gasteiger partial charge < -0.3 is 4.18 Å². The van der Waals surface area contributed by atoms with Crippen LogP contribution in [0.2, 0.25) is 0 Å². The molecule has 17 heavy (non-hydrogen) atoms. The lowest BCUT2D eigenvalue weighted by atomic mass is 10.1. The molecule has 2 aromatic rings. The van der Waals surface area contributed by atoms with E-state index in [1.165, 1.54) is 18.2 Å². The molecule has 0 fully saturated rings. The Balaban J connectivity index is 2.67. The number of hydrogen-bond acceptors (Lipinski definition) is 4. The molecule has 0 unspecified atom stereocenters. The van der Waals surface area contributed by atoms with Gasteiger partial charge in [-0.25, -0.2) is 0 Å². The Hall–Kier alpha value is -2.13. The van der Waals surface area contributed by atoms with E-state index in [2.05, 4.69) is 4.18 Å². The molecule has 0 aliphatic rings. The van der Waals surface area contributed by atoms with Gasteiger partial charge in [0.05, 0.1) is 11.6 Å². The summed E-state index contributed by atoms with van der Waals surface area (Å²) >= 11 is 0. The van der Waals surface area contributed by atoms with Crippen LogP contribution in [0.3, 0.4) is 0 Å². The summed E-state index contributed by atoms with van der Waals surface area (Å²) in [6, 6.07) is 11.1. The van der Waals surface area contributed by atoms with Crippen LogP contribution in [-0.2, 0) is 10.5 Å². The van der Waals surface area contributed by atoms with E-state index >= 15 is 0 Å². The Morgan fingerprint density at radius 2 is 2.00 bits per heavy atom. The minimum absolute atomic E-state index is 0.137. The molecule has 0 atom stereocenters. The summed E-state index contributed by atoms with van der Waals surface area (Å²) < 4.78 is 37.6. The summed E-state index contributed by atoms with van der Waals surface area (Å²) in [5, 5.41) is 9.76. The Kier molecular flexibility index (Phi) is 2.69. The molecule has 0 aromatic heterocycles. The molecule has 0 saturated heterocycles. The summed E-state index contributed by atoms with van der Waals surface area (Å²) in [7, 11) is -5.07. The van der Waals surface area contributed by atoms with Crippen molar-refractivity contribution in [3.63, 3.8) is 0 Å². The van der Waals surface area contributed by atoms with E-state index in [-0.39, 0.29) is 5.75 Å². The quantitative estimate of drug-likeness (QED) is 0.768. The van der Waals surface area contributed by atoms with Crippen molar-refractivity contribution >= 4 is 21.3 Å². The second-order valence-corrected chi connectivity index (χ2v) is 4.23. The lowest BCUT2D eigenvalue weighted by Crippen LogP contribution is -2.01. The SMILES string of the molecule is N#Cc1ccc2cccc(OS(=O)(=O)F)c2c1. The predicted octanol–water partition coefficient (Wildman–Crippen LogP) is 2.30. The van der Waals surface area contributed by atoms with Gasteiger partial charge in [0.15, 0.2) is 5.75 Å². The Morgan fingerprint density at radius 1 is 1.24 bits per heavy atom. The van der Waals surface area contributed by atoms with Crippen LogP contribution in [0, 0.1) is 11.3 Å². The second-order valence-electron chi connectivity index (χ2n) is 3.28. The molecule has 0 amide bonds. The van der Waals surface area contributed by atoms with Crippen molar-refractivity contribution in [3.8, 4) is 11.8 Å². The van der Waals surface area contributed by atoms with E-state index in [4.69, 9.17) is 5.26 Å². The minimum Gasteiger partial charge on any atom is -0.358 e. The first kappa shape index (κ1) is 11.4. The molecule has 0 aliphatic heterocycles. The first-order chi connectivity index (χ1) is 7.99. The molecular weight excluding hydrogens is 245 g/mol. The molecule has 0 radical (unpaired) electrons.